The smallest absolute Gasteiger partial charge is 0.266 e. The molecule has 116 valence electrons. The van der Waals surface area contributed by atoms with Crippen molar-refractivity contribution in [3.8, 4) is 11.8 Å². The van der Waals surface area contributed by atoms with Crippen LogP contribution < -0.4 is 10.1 Å². The van der Waals surface area contributed by atoms with E-state index < -0.39 is 5.91 Å². The molecule has 0 fully saturated rings. The van der Waals surface area contributed by atoms with Gasteiger partial charge in [-0.05, 0) is 43.2 Å². The van der Waals surface area contributed by atoms with E-state index >= 15 is 0 Å². The van der Waals surface area contributed by atoms with Crippen LogP contribution in [0.25, 0.3) is 6.08 Å². The van der Waals surface area contributed by atoms with Crippen molar-refractivity contribution in [1.29, 1.82) is 5.26 Å². The number of methoxy groups -OCH3 is 1. The molecule has 1 amide bonds. The number of rotatable bonds is 4. The van der Waals surface area contributed by atoms with Gasteiger partial charge >= 0.3 is 0 Å². The molecule has 0 aliphatic rings. The first-order valence-electron chi connectivity index (χ1n) is 7.19. The van der Waals surface area contributed by atoms with E-state index in [1.54, 1.807) is 19.2 Å². The molecule has 23 heavy (non-hydrogen) atoms. The quantitative estimate of drug-likeness (QED) is 0.689. The summed E-state index contributed by atoms with van der Waals surface area (Å²) in [6, 6.07) is 14.8. The van der Waals surface area contributed by atoms with Crippen molar-refractivity contribution in [2.75, 3.05) is 12.4 Å². The van der Waals surface area contributed by atoms with Crippen molar-refractivity contribution in [3.63, 3.8) is 0 Å². The molecule has 2 rings (SSSR count). The van der Waals surface area contributed by atoms with Gasteiger partial charge in [-0.15, -0.1) is 0 Å². The minimum absolute atomic E-state index is 0.0235. The van der Waals surface area contributed by atoms with Crippen LogP contribution in [0.5, 0.6) is 5.75 Å². The number of hydrogen-bond donors (Lipinski definition) is 1. The first-order chi connectivity index (χ1) is 11.1. The summed E-state index contributed by atoms with van der Waals surface area (Å²) in [7, 11) is 1.55. The number of hydrogen-bond acceptors (Lipinski definition) is 3. The van der Waals surface area contributed by atoms with Gasteiger partial charge in [-0.1, -0.05) is 30.3 Å². The third kappa shape index (κ3) is 3.78. The maximum absolute atomic E-state index is 12.4. The van der Waals surface area contributed by atoms with Gasteiger partial charge in [-0.25, -0.2) is 0 Å². The number of nitrogens with zero attached hydrogens (tertiary/aromatic N) is 1. The number of nitriles is 1. The lowest BCUT2D eigenvalue weighted by Crippen LogP contribution is -2.14. The highest BCUT2D eigenvalue weighted by Gasteiger charge is 2.12. The highest BCUT2D eigenvalue weighted by Crippen LogP contribution is 2.22. The summed E-state index contributed by atoms with van der Waals surface area (Å²) in [5.74, 6) is 0.173. The van der Waals surface area contributed by atoms with Crippen LogP contribution in [-0.4, -0.2) is 13.0 Å². The maximum Gasteiger partial charge on any atom is 0.266 e. The molecule has 0 saturated heterocycles. The molecule has 1 N–H and O–H groups in total. The Balaban J connectivity index is 2.31. The fourth-order valence-corrected chi connectivity index (χ4v) is 2.17. The van der Waals surface area contributed by atoms with Crippen molar-refractivity contribution in [2.45, 2.75) is 13.8 Å². The average Bonchev–Trinajstić information content (AvgIpc) is 2.57. The lowest BCUT2D eigenvalue weighted by molar-refractivity contribution is -0.112. The standard InChI is InChI=1S/C19H18N2O2/c1-13-7-6-9-17(14(13)2)21-19(22)16(12-20)11-15-8-4-5-10-18(15)23-3/h4-11H,1-3H3,(H,21,22). The molecule has 0 aromatic heterocycles. The van der Waals surface area contributed by atoms with Crippen molar-refractivity contribution in [2.24, 2.45) is 0 Å². The minimum Gasteiger partial charge on any atom is -0.496 e. The molecule has 2 aromatic rings. The summed E-state index contributed by atoms with van der Waals surface area (Å²) >= 11 is 0. The summed E-state index contributed by atoms with van der Waals surface area (Å²) in [6.45, 7) is 3.90. The summed E-state index contributed by atoms with van der Waals surface area (Å²) in [5.41, 5.74) is 3.47. The Bertz CT molecular complexity index is 801. The van der Waals surface area contributed by atoms with Gasteiger partial charge in [0.2, 0.25) is 0 Å². The molecule has 0 unspecified atom stereocenters. The van der Waals surface area contributed by atoms with E-state index in [2.05, 4.69) is 5.32 Å². The number of nitrogens with one attached hydrogen (secondary N) is 1. The first kappa shape index (κ1) is 16.3. The van der Waals surface area contributed by atoms with Gasteiger partial charge in [-0.2, -0.15) is 5.26 Å². The monoisotopic (exact) mass is 306 g/mol. The van der Waals surface area contributed by atoms with Crippen molar-refractivity contribution >= 4 is 17.7 Å². The van der Waals surface area contributed by atoms with Gasteiger partial charge < -0.3 is 10.1 Å². The Labute approximate surface area is 136 Å². The number of anilines is 1. The van der Waals surface area contributed by atoms with Gasteiger partial charge in [0.1, 0.15) is 17.4 Å². The molecule has 0 aliphatic heterocycles. The molecule has 0 atom stereocenters. The molecule has 0 radical (unpaired) electrons. The Morgan fingerprint density at radius 1 is 1.17 bits per heavy atom. The SMILES string of the molecule is COc1ccccc1C=C(C#N)C(=O)Nc1cccc(C)c1C. The minimum atomic E-state index is -0.438. The summed E-state index contributed by atoms with van der Waals surface area (Å²) in [5, 5.41) is 12.1. The number of ether oxygens (including phenoxy) is 1. The predicted octanol–water partition coefficient (Wildman–Crippen LogP) is 3.86. The van der Waals surface area contributed by atoms with Crippen LogP contribution in [0.3, 0.4) is 0 Å². The van der Waals surface area contributed by atoms with Crippen LogP contribution in [0.15, 0.2) is 48.0 Å². The number of carbonyl (C=O) groups is 1. The Morgan fingerprint density at radius 2 is 1.91 bits per heavy atom. The summed E-state index contributed by atoms with van der Waals surface area (Å²) in [4.78, 5) is 12.4. The van der Waals surface area contributed by atoms with E-state index in [-0.39, 0.29) is 5.57 Å². The zero-order valence-corrected chi connectivity index (χ0v) is 13.4. The molecule has 0 spiro atoms. The number of carbonyl (C=O) groups excluding carboxylic acids is 1. The zero-order valence-electron chi connectivity index (χ0n) is 13.4. The summed E-state index contributed by atoms with van der Waals surface area (Å²) < 4.78 is 5.24. The van der Waals surface area contributed by atoms with Gasteiger partial charge in [0.15, 0.2) is 0 Å². The topological polar surface area (TPSA) is 62.1 Å². The summed E-state index contributed by atoms with van der Waals surface area (Å²) in [6.07, 6.45) is 1.53. The molecule has 4 nitrogen and oxygen atoms in total. The maximum atomic E-state index is 12.4. The van der Waals surface area contributed by atoms with E-state index in [0.717, 1.165) is 11.1 Å². The molecular formula is C19H18N2O2. The van der Waals surface area contributed by atoms with E-state index in [9.17, 15) is 10.1 Å². The van der Waals surface area contributed by atoms with E-state index in [1.165, 1.54) is 6.08 Å². The third-order valence-electron chi connectivity index (χ3n) is 3.66. The average molecular weight is 306 g/mol. The predicted molar refractivity (Wildman–Crippen MR) is 91.1 cm³/mol. The second-order valence-electron chi connectivity index (χ2n) is 5.11. The van der Waals surface area contributed by atoms with E-state index in [4.69, 9.17) is 4.74 Å². The fraction of sp³-hybridized carbons (Fsp3) is 0.158. The highest BCUT2D eigenvalue weighted by molar-refractivity contribution is 6.10. The number of para-hydroxylation sites is 1. The molecule has 0 saturated carbocycles. The van der Waals surface area contributed by atoms with Crippen LogP contribution in [0.2, 0.25) is 0 Å². The second kappa shape index (κ2) is 7.28. The molecule has 4 heteroatoms. The van der Waals surface area contributed by atoms with Crippen LogP contribution in [0.1, 0.15) is 16.7 Å². The second-order valence-corrected chi connectivity index (χ2v) is 5.11. The van der Waals surface area contributed by atoms with Crippen LogP contribution in [0, 0.1) is 25.2 Å². The molecule has 0 heterocycles. The Morgan fingerprint density at radius 3 is 2.61 bits per heavy atom. The highest BCUT2D eigenvalue weighted by atomic mass is 16.5. The van der Waals surface area contributed by atoms with Crippen LogP contribution >= 0.6 is 0 Å². The molecule has 2 aromatic carbocycles. The number of amides is 1. The van der Waals surface area contributed by atoms with Crippen molar-refractivity contribution < 1.29 is 9.53 Å². The lowest BCUT2D eigenvalue weighted by Gasteiger charge is -2.10. The van der Waals surface area contributed by atoms with Crippen LogP contribution in [0.4, 0.5) is 5.69 Å². The first-order valence-corrected chi connectivity index (χ1v) is 7.19. The molecular weight excluding hydrogens is 288 g/mol. The van der Waals surface area contributed by atoms with Crippen molar-refractivity contribution in [3.05, 3.63) is 64.7 Å². The van der Waals surface area contributed by atoms with E-state index in [1.807, 2.05) is 50.2 Å². The van der Waals surface area contributed by atoms with Gasteiger partial charge in [0, 0.05) is 11.3 Å². The fourth-order valence-electron chi connectivity index (χ4n) is 2.17. The Kier molecular flexibility index (Phi) is 5.16. The Hall–Kier alpha value is -3.06. The van der Waals surface area contributed by atoms with Crippen LogP contribution in [-0.2, 0) is 4.79 Å². The van der Waals surface area contributed by atoms with Gasteiger partial charge in [0.25, 0.3) is 5.91 Å². The third-order valence-corrected chi connectivity index (χ3v) is 3.66. The number of benzene rings is 2. The largest absolute Gasteiger partial charge is 0.496 e. The van der Waals surface area contributed by atoms with Gasteiger partial charge in [0.05, 0.1) is 7.11 Å². The molecule has 0 aliphatic carbocycles. The lowest BCUT2D eigenvalue weighted by atomic mass is 10.1. The normalized spacial score (nSPS) is 10.8. The van der Waals surface area contributed by atoms with Gasteiger partial charge in [-0.3, -0.25) is 4.79 Å². The zero-order chi connectivity index (χ0) is 16.8. The van der Waals surface area contributed by atoms with E-state index in [0.29, 0.717) is 17.0 Å². The van der Waals surface area contributed by atoms with Crippen molar-refractivity contribution in [1.82, 2.24) is 0 Å². The molecule has 0 bridgehead atoms. The number of aryl methyl sites for hydroxylation is 1.